The van der Waals surface area contributed by atoms with E-state index in [-0.39, 0.29) is 11.8 Å². The van der Waals surface area contributed by atoms with Crippen LogP contribution in [0.2, 0.25) is 0 Å². The second-order valence-corrected chi connectivity index (χ2v) is 7.65. The minimum atomic E-state index is -0.162. The Kier molecular flexibility index (Phi) is 4.04. The molecule has 0 radical (unpaired) electrons. The molecule has 140 valence electrons. The smallest absolute Gasteiger partial charge is 0.261 e. The number of amides is 2. The molecule has 0 unspecified atom stereocenters. The van der Waals surface area contributed by atoms with Crippen molar-refractivity contribution < 1.29 is 9.59 Å². The van der Waals surface area contributed by atoms with Crippen LogP contribution in [0.5, 0.6) is 0 Å². The number of carbonyl (C=O) groups is 2. The van der Waals surface area contributed by atoms with Gasteiger partial charge in [-0.3, -0.25) is 14.5 Å². The summed E-state index contributed by atoms with van der Waals surface area (Å²) in [6.45, 7) is 4.18. The van der Waals surface area contributed by atoms with Crippen LogP contribution in [0.25, 0.3) is 0 Å². The van der Waals surface area contributed by atoms with Crippen molar-refractivity contribution in [2.24, 2.45) is 0 Å². The van der Waals surface area contributed by atoms with Gasteiger partial charge in [0.05, 0.1) is 11.1 Å². The van der Waals surface area contributed by atoms with Crippen molar-refractivity contribution in [2.45, 2.75) is 38.1 Å². The molecule has 1 aromatic carbocycles. The lowest BCUT2D eigenvalue weighted by Crippen LogP contribution is -2.41. The summed E-state index contributed by atoms with van der Waals surface area (Å²) in [5.41, 5.74) is 1.06. The molecule has 7 heteroatoms. The topological polar surface area (TPSA) is 71.3 Å². The molecule has 1 aromatic heterocycles. The van der Waals surface area contributed by atoms with Crippen LogP contribution >= 0.6 is 0 Å². The van der Waals surface area contributed by atoms with Crippen molar-refractivity contribution in [3.63, 3.8) is 0 Å². The molecule has 2 amide bonds. The monoisotopic (exact) mass is 365 g/mol. The largest absolute Gasteiger partial charge is 0.315 e. The summed E-state index contributed by atoms with van der Waals surface area (Å²) in [4.78, 5) is 28.7. The zero-order chi connectivity index (χ0) is 18.4. The maximum atomic E-state index is 12.5. The molecule has 1 saturated heterocycles. The first-order valence-electron chi connectivity index (χ1n) is 9.82. The van der Waals surface area contributed by atoms with E-state index in [2.05, 4.69) is 19.7 Å². The molecule has 3 aliphatic rings. The van der Waals surface area contributed by atoms with Crippen molar-refractivity contribution in [2.75, 3.05) is 26.2 Å². The SMILES string of the molecule is O=C1c2ccccc2C(=O)N1CCN1CCC(c2nnc3n2CCC3)CC1. The molecular weight excluding hydrogens is 342 g/mol. The van der Waals surface area contributed by atoms with Crippen molar-refractivity contribution in [3.05, 3.63) is 47.0 Å². The maximum Gasteiger partial charge on any atom is 0.261 e. The Balaban J connectivity index is 1.17. The van der Waals surface area contributed by atoms with E-state index in [0.717, 1.165) is 57.1 Å². The van der Waals surface area contributed by atoms with Gasteiger partial charge in [-0.2, -0.15) is 0 Å². The van der Waals surface area contributed by atoms with Crippen LogP contribution in [0, 0.1) is 0 Å². The summed E-state index contributed by atoms with van der Waals surface area (Å²) < 4.78 is 2.30. The number of carbonyl (C=O) groups excluding carboxylic acids is 2. The lowest BCUT2D eigenvalue weighted by atomic mass is 9.96. The van der Waals surface area contributed by atoms with Gasteiger partial charge in [0.1, 0.15) is 11.6 Å². The third-order valence-electron chi connectivity index (χ3n) is 6.11. The molecule has 1 fully saturated rings. The van der Waals surface area contributed by atoms with E-state index in [1.807, 2.05) is 0 Å². The van der Waals surface area contributed by atoms with Crippen LogP contribution in [0.15, 0.2) is 24.3 Å². The van der Waals surface area contributed by atoms with Crippen LogP contribution in [-0.4, -0.2) is 62.6 Å². The number of piperidine rings is 1. The summed E-state index contributed by atoms with van der Waals surface area (Å²) >= 11 is 0. The molecule has 0 N–H and O–H groups in total. The van der Waals surface area contributed by atoms with Crippen LogP contribution < -0.4 is 0 Å². The van der Waals surface area contributed by atoms with E-state index >= 15 is 0 Å². The van der Waals surface area contributed by atoms with E-state index in [4.69, 9.17) is 0 Å². The summed E-state index contributed by atoms with van der Waals surface area (Å²) in [5, 5.41) is 8.77. The van der Waals surface area contributed by atoms with Crippen molar-refractivity contribution in [1.82, 2.24) is 24.6 Å². The average Bonchev–Trinajstić information content (AvgIpc) is 3.37. The fraction of sp³-hybridized carbons (Fsp3) is 0.500. The van der Waals surface area contributed by atoms with Crippen molar-refractivity contribution in [1.29, 1.82) is 0 Å². The first kappa shape index (κ1) is 16.6. The van der Waals surface area contributed by atoms with Crippen molar-refractivity contribution in [3.8, 4) is 0 Å². The molecule has 0 spiro atoms. The maximum absolute atomic E-state index is 12.5. The van der Waals surface area contributed by atoms with Gasteiger partial charge >= 0.3 is 0 Å². The Bertz CT molecular complexity index is 863. The molecule has 2 aromatic rings. The van der Waals surface area contributed by atoms with Gasteiger partial charge in [-0.05, 0) is 44.5 Å². The first-order chi connectivity index (χ1) is 13.2. The highest BCUT2D eigenvalue weighted by atomic mass is 16.2. The van der Waals surface area contributed by atoms with Crippen LogP contribution in [0.4, 0.5) is 0 Å². The Hall–Kier alpha value is -2.54. The number of aromatic nitrogens is 3. The Morgan fingerprint density at radius 1 is 0.926 bits per heavy atom. The third-order valence-corrected chi connectivity index (χ3v) is 6.11. The van der Waals surface area contributed by atoms with E-state index in [9.17, 15) is 9.59 Å². The average molecular weight is 365 g/mol. The number of hydrogen-bond acceptors (Lipinski definition) is 5. The second-order valence-electron chi connectivity index (χ2n) is 7.65. The molecule has 5 rings (SSSR count). The number of aryl methyl sites for hydroxylation is 1. The Morgan fingerprint density at radius 3 is 2.33 bits per heavy atom. The van der Waals surface area contributed by atoms with Gasteiger partial charge in [0.2, 0.25) is 0 Å². The quantitative estimate of drug-likeness (QED) is 0.771. The Morgan fingerprint density at radius 2 is 1.63 bits per heavy atom. The predicted octanol–water partition coefficient (Wildman–Crippen LogP) is 1.70. The molecule has 27 heavy (non-hydrogen) atoms. The number of rotatable bonds is 4. The number of nitrogens with zero attached hydrogens (tertiary/aromatic N) is 5. The van der Waals surface area contributed by atoms with E-state index in [1.54, 1.807) is 24.3 Å². The zero-order valence-electron chi connectivity index (χ0n) is 15.3. The molecule has 0 bridgehead atoms. The summed E-state index contributed by atoms with van der Waals surface area (Å²) in [5.74, 6) is 2.44. The molecule has 0 saturated carbocycles. The van der Waals surface area contributed by atoms with Gasteiger partial charge < -0.3 is 9.47 Å². The van der Waals surface area contributed by atoms with E-state index < -0.39 is 0 Å². The lowest BCUT2D eigenvalue weighted by Gasteiger charge is -2.32. The third kappa shape index (κ3) is 2.77. The molecule has 0 aliphatic carbocycles. The number of likely N-dealkylation sites (tertiary alicyclic amines) is 1. The molecule has 7 nitrogen and oxygen atoms in total. The molecule has 3 aliphatic heterocycles. The van der Waals surface area contributed by atoms with Gasteiger partial charge in [-0.1, -0.05) is 12.1 Å². The second kappa shape index (κ2) is 6.56. The summed E-state index contributed by atoms with van der Waals surface area (Å²) in [7, 11) is 0. The summed E-state index contributed by atoms with van der Waals surface area (Å²) in [6, 6.07) is 7.08. The van der Waals surface area contributed by atoms with E-state index in [0.29, 0.717) is 23.6 Å². The van der Waals surface area contributed by atoms with Gasteiger partial charge in [0.15, 0.2) is 0 Å². The minimum absolute atomic E-state index is 0.162. The highest BCUT2D eigenvalue weighted by Crippen LogP contribution is 2.29. The zero-order valence-corrected chi connectivity index (χ0v) is 15.3. The Labute approximate surface area is 158 Å². The number of benzene rings is 1. The fourth-order valence-electron chi connectivity index (χ4n) is 4.57. The van der Waals surface area contributed by atoms with Crippen LogP contribution in [0.1, 0.15) is 57.5 Å². The van der Waals surface area contributed by atoms with Crippen LogP contribution in [-0.2, 0) is 13.0 Å². The van der Waals surface area contributed by atoms with Crippen molar-refractivity contribution >= 4 is 11.8 Å². The number of imide groups is 1. The van der Waals surface area contributed by atoms with Gasteiger partial charge in [-0.25, -0.2) is 0 Å². The van der Waals surface area contributed by atoms with E-state index in [1.165, 1.54) is 11.3 Å². The molecule has 4 heterocycles. The molecule has 0 atom stereocenters. The summed E-state index contributed by atoms with van der Waals surface area (Å²) in [6.07, 6.45) is 4.34. The standard InChI is InChI=1S/C20H23N5O2/c26-19-15-4-1-2-5-16(15)20(27)25(19)13-12-23-10-7-14(8-11-23)18-22-21-17-6-3-9-24(17)18/h1-2,4-5,14H,3,6-13H2. The lowest BCUT2D eigenvalue weighted by molar-refractivity contribution is 0.0629. The predicted molar refractivity (Wildman–Crippen MR) is 98.6 cm³/mol. The van der Waals surface area contributed by atoms with Gasteiger partial charge in [0, 0.05) is 32.0 Å². The number of hydrogen-bond donors (Lipinski definition) is 0. The number of fused-ring (bicyclic) bond motifs is 2. The normalized spacial score (nSPS) is 20.4. The van der Waals surface area contributed by atoms with Gasteiger partial charge in [0.25, 0.3) is 11.8 Å². The highest BCUT2D eigenvalue weighted by molar-refractivity contribution is 6.21. The fourth-order valence-corrected chi connectivity index (χ4v) is 4.57. The minimum Gasteiger partial charge on any atom is -0.315 e. The first-order valence-corrected chi connectivity index (χ1v) is 9.82. The van der Waals surface area contributed by atoms with Crippen LogP contribution in [0.3, 0.4) is 0 Å². The molecular formula is C20H23N5O2. The highest BCUT2D eigenvalue weighted by Gasteiger charge is 2.35. The van der Waals surface area contributed by atoms with Gasteiger partial charge in [-0.15, -0.1) is 10.2 Å².